The van der Waals surface area contributed by atoms with Gasteiger partial charge in [0, 0.05) is 26.6 Å². The summed E-state index contributed by atoms with van der Waals surface area (Å²) in [6.07, 6.45) is -5.03. The van der Waals surface area contributed by atoms with Crippen molar-refractivity contribution in [3.05, 3.63) is 44.9 Å². The van der Waals surface area contributed by atoms with E-state index in [1.54, 1.807) is 7.05 Å². The number of carbonyl (C=O) groups is 2. The number of anilines is 1. The highest BCUT2D eigenvalue weighted by molar-refractivity contribution is 9.10. The predicted octanol–water partition coefficient (Wildman–Crippen LogP) is 3.80. The van der Waals surface area contributed by atoms with Crippen LogP contribution in [0.1, 0.15) is 17.2 Å². The minimum atomic E-state index is -5.03. The fraction of sp³-hybridized carbons (Fsp3) is 0.353. The van der Waals surface area contributed by atoms with E-state index < -0.39 is 46.9 Å². The quantitative estimate of drug-likeness (QED) is 0.518. The number of hydrogen-bond donors (Lipinski definition) is 1. The zero-order chi connectivity index (χ0) is 21.7. The number of nitrogens with zero attached hydrogens (tertiary/aromatic N) is 3. The van der Waals surface area contributed by atoms with E-state index in [9.17, 15) is 27.2 Å². The Morgan fingerprint density at radius 3 is 2.55 bits per heavy atom. The molecule has 29 heavy (non-hydrogen) atoms. The highest BCUT2D eigenvalue weighted by atomic mass is 79.9. The zero-order valence-electron chi connectivity index (χ0n) is 15.0. The summed E-state index contributed by atoms with van der Waals surface area (Å²) >= 11 is 9.25. The second-order valence-corrected chi connectivity index (χ2v) is 7.72. The van der Waals surface area contributed by atoms with Crippen LogP contribution in [-0.2, 0) is 22.8 Å². The summed E-state index contributed by atoms with van der Waals surface area (Å²) in [5.41, 5.74) is -1.91. The van der Waals surface area contributed by atoms with Gasteiger partial charge in [-0.2, -0.15) is 18.3 Å². The molecule has 1 fully saturated rings. The summed E-state index contributed by atoms with van der Waals surface area (Å²) in [6.45, 7) is 0.126. The molecule has 0 bridgehead atoms. The van der Waals surface area contributed by atoms with Crippen molar-refractivity contribution in [2.75, 3.05) is 18.9 Å². The molecule has 6 nitrogen and oxygen atoms in total. The van der Waals surface area contributed by atoms with Crippen molar-refractivity contribution in [3.63, 3.8) is 0 Å². The molecule has 0 spiro atoms. The number of amides is 2. The van der Waals surface area contributed by atoms with Gasteiger partial charge in [0.1, 0.15) is 17.3 Å². The number of halogens is 6. The molecule has 3 rings (SSSR count). The number of rotatable bonds is 3. The number of likely N-dealkylation sites (N-methyl/N-ethyl adjacent to an activating group) is 1. The van der Waals surface area contributed by atoms with E-state index in [1.165, 1.54) is 16.6 Å². The average Bonchev–Trinajstić information content (AvgIpc) is 3.01. The number of alkyl halides is 3. The molecule has 0 aliphatic carbocycles. The molecule has 0 saturated carbocycles. The SMILES string of the molecule is CN1C[C@H](c2c(Br)c(Cl)nn2C)[C@@H](C(=O)Nc2cccc(F)c2C(F)(F)F)C1=O. The predicted molar refractivity (Wildman–Crippen MR) is 99.8 cm³/mol. The summed E-state index contributed by atoms with van der Waals surface area (Å²) in [6, 6.07) is 2.61. The Morgan fingerprint density at radius 1 is 1.34 bits per heavy atom. The Hall–Kier alpha value is -2.14. The molecule has 1 aromatic heterocycles. The Morgan fingerprint density at radius 2 is 2.00 bits per heavy atom. The zero-order valence-corrected chi connectivity index (χ0v) is 17.4. The first kappa shape index (κ1) is 21.6. The molecule has 12 heteroatoms. The van der Waals surface area contributed by atoms with Gasteiger partial charge in [0.05, 0.1) is 15.9 Å². The molecular weight excluding hydrogens is 484 g/mol. The van der Waals surface area contributed by atoms with Gasteiger partial charge in [0.2, 0.25) is 11.8 Å². The Balaban J connectivity index is 2.00. The second-order valence-electron chi connectivity index (χ2n) is 6.57. The molecule has 2 amide bonds. The molecule has 0 unspecified atom stereocenters. The summed E-state index contributed by atoms with van der Waals surface area (Å²) in [4.78, 5) is 26.7. The van der Waals surface area contributed by atoms with Crippen LogP contribution in [0.25, 0.3) is 0 Å². The van der Waals surface area contributed by atoms with Gasteiger partial charge in [-0.25, -0.2) is 4.39 Å². The van der Waals surface area contributed by atoms with Gasteiger partial charge in [-0.3, -0.25) is 14.3 Å². The summed E-state index contributed by atoms with van der Waals surface area (Å²) in [7, 11) is 3.04. The minimum absolute atomic E-state index is 0.119. The van der Waals surface area contributed by atoms with Crippen molar-refractivity contribution in [2.24, 2.45) is 13.0 Å². The van der Waals surface area contributed by atoms with Crippen molar-refractivity contribution in [1.29, 1.82) is 0 Å². The van der Waals surface area contributed by atoms with E-state index in [2.05, 4.69) is 26.3 Å². The van der Waals surface area contributed by atoms with Crippen LogP contribution in [0.15, 0.2) is 22.7 Å². The molecule has 156 valence electrons. The maximum atomic E-state index is 13.8. The molecule has 1 aliphatic heterocycles. The van der Waals surface area contributed by atoms with Crippen LogP contribution in [0, 0.1) is 11.7 Å². The number of carbonyl (C=O) groups excluding carboxylic acids is 2. The monoisotopic (exact) mass is 496 g/mol. The van der Waals surface area contributed by atoms with E-state index in [1.807, 2.05) is 0 Å². The van der Waals surface area contributed by atoms with Crippen molar-refractivity contribution in [2.45, 2.75) is 12.1 Å². The van der Waals surface area contributed by atoms with Gasteiger partial charge in [0.15, 0.2) is 5.15 Å². The van der Waals surface area contributed by atoms with Gasteiger partial charge >= 0.3 is 6.18 Å². The number of aromatic nitrogens is 2. The third kappa shape index (κ3) is 3.85. The maximum Gasteiger partial charge on any atom is 0.421 e. The normalized spacial score (nSPS) is 19.7. The number of hydrogen-bond acceptors (Lipinski definition) is 3. The Bertz CT molecular complexity index is 995. The first-order chi connectivity index (χ1) is 13.4. The van der Waals surface area contributed by atoms with Gasteiger partial charge in [-0.05, 0) is 28.1 Å². The van der Waals surface area contributed by atoms with Gasteiger partial charge in [0.25, 0.3) is 0 Å². The Kier molecular flexibility index (Phi) is 5.65. The molecule has 1 aliphatic rings. The van der Waals surface area contributed by atoms with Gasteiger partial charge in [-0.1, -0.05) is 17.7 Å². The average molecular weight is 498 g/mol. The van der Waals surface area contributed by atoms with E-state index >= 15 is 0 Å². The first-order valence-corrected chi connectivity index (χ1v) is 9.40. The van der Waals surface area contributed by atoms with E-state index in [0.717, 1.165) is 12.1 Å². The fourth-order valence-electron chi connectivity index (χ4n) is 3.45. The van der Waals surface area contributed by atoms with Gasteiger partial charge < -0.3 is 10.2 Å². The van der Waals surface area contributed by atoms with Gasteiger partial charge in [-0.15, -0.1) is 0 Å². The third-order valence-corrected chi connectivity index (χ3v) is 5.97. The standard InChI is InChI=1S/C17H14BrClF4N4O2/c1-26-6-7(13-12(18)14(19)25-27(13)2)10(16(26)29)15(28)24-9-5-3-4-8(20)11(9)17(21,22)23/h3-5,7,10H,6H2,1-2H3,(H,24,28)/t7-,10-/m0/s1. The lowest BCUT2D eigenvalue weighted by molar-refractivity contribution is -0.139. The second kappa shape index (κ2) is 7.60. The van der Waals surface area contributed by atoms with E-state index in [0.29, 0.717) is 16.2 Å². The molecule has 1 N–H and O–H groups in total. The van der Waals surface area contributed by atoms with E-state index in [-0.39, 0.29) is 11.7 Å². The van der Waals surface area contributed by atoms with Crippen LogP contribution in [0.4, 0.5) is 23.2 Å². The summed E-state index contributed by atoms with van der Waals surface area (Å²) in [5.74, 6) is -5.16. The van der Waals surface area contributed by atoms with Crippen molar-refractivity contribution >= 4 is 45.0 Å². The van der Waals surface area contributed by atoms with Crippen molar-refractivity contribution < 1.29 is 27.2 Å². The lowest BCUT2D eigenvalue weighted by Gasteiger charge is -2.19. The molecule has 1 saturated heterocycles. The molecule has 2 heterocycles. The van der Waals surface area contributed by atoms with Crippen LogP contribution < -0.4 is 5.32 Å². The van der Waals surface area contributed by atoms with E-state index in [4.69, 9.17) is 11.6 Å². The topological polar surface area (TPSA) is 67.2 Å². The van der Waals surface area contributed by atoms with Crippen molar-refractivity contribution in [1.82, 2.24) is 14.7 Å². The number of benzene rings is 1. The summed E-state index contributed by atoms with van der Waals surface area (Å²) in [5, 5.41) is 6.21. The molecule has 1 aromatic carbocycles. The molecule has 2 aromatic rings. The highest BCUT2D eigenvalue weighted by Crippen LogP contribution is 2.41. The molecule has 2 atom stereocenters. The molecular formula is C17H14BrClF4N4O2. The van der Waals surface area contributed by atoms with Crippen LogP contribution in [0.2, 0.25) is 5.15 Å². The van der Waals surface area contributed by atoms with Crippen molar-refractivity contribution in [3.8, 4) is 0 Å². The highest BCUT2D eigenvalue weighted by Gasteiger charge is 2.47. The smallest absolute Gasteiger partial charge is 0.344 e. The summed E-state index contributed by atoms with van der Waals surface area (Å²) < 4.78 is 55.2. The Labute approximate surface area is 175 Å². The lowest BCUT2D eigenvalue weighted by atomic mass is 9.91. The largest absolute Gasteiger partial charge is 0.421 e. The number of likely N-dealkylation sites (tertiary alicyclic amines) is 1. The van der Waals surface area contributed by atoms with Crippen LogP contribution in [0.5, 0.6) is 0 Å². The first-order valence-electron chi connectivity index (χ1n) is 8.23. The van der Waals surface area contributed by atoms with Crippen LogP contribution in [0.3, 0.4) is 0 Å². The fourth-order valence-corrected chi connectivity index (χ4v) is 4.29. The maximum absolute atomic E-state index is 13.8. The minimum Gasteiger partial charge on any atom is -0.344 e. The number of aryl methyl sites for hydroxylation is 1. The van der Waals surface area contributed by atoms with Crippen LogP contribution in [-0.4, -0.2) is 40.1 Å². The number of nitrogens with one attached hydrogen (secondary N) is 1. The molecule has 0 radical (unpaired) electrons. The lowest BCUT2D eigenvalue weighted by Crippen LogP contribution is -2.33. The third-order valence-electron chi connectivity index (χ3n) is 4.70. The van der Waals surface area contributed by atoms with Crippen LogP contribution >= 0.6 is 27.5 Å².